The molecule has 0 aliphatic heterocycles. The van der Waals surface area contributed by atoms with Gasteiger partial charge in [0.15, 0.2) is 0 Å². The monoisotopic (exact) mass is 484 g/mol. The molecule has 0 unspecified atom stereocenters. The summed E-state index contributed by atoms with van der Waals surface area (Å²) in [5.41, 5.74) is -0.0945. The quantitative estimate of drug-likeness (QED) is 0.496. The molecule has 0 fully saturated rings. The third-order valence-corrected chi connectivity index (χ3v) is 5.92. The number of nitrogens with two attached hydrogens (primary N) is 1. The van der Waals surface area contributed by atoms with Crippen molar-refractivity contribution in [1.29, 1.82) is 0 Å². The maximum absolute atomic E-state index is 14.3. The SMILES string of the molecule is C[C@H](c1c[nH]c(=O)c2c(F)cccc12)N(CCS(N)(=O)=O)C(=O)Nc1ccc(F)c(Cl)c1. The molecule has 32 heavy (non-hydrogen) atoms. The van der Waals surface area contributed by atoms with Crippen LogP contribution in [0.15, 0.2) is 47.4 Å². The minimum absolute atomic E-state index is 0.173. The number of anilines is 1. The van der Waals surface area contributed by atoms with Crippen molar-refractivity contribution >= 4 is 44.1 Å². The average molecular weight is 485 g/mol. The molecule has 12 heteroatoms. The molecule has 0 aliphatic carbocycles. The maximum Gasteiger partial charge on any atom is 0.322 e. The van der Waals surface area contributed by atoms with Crippen LogP contribution in [0, 0.1) is 11.6 Å². The molecule has 0 aliphatic rings. The van der Waals surface area contributed by atoms with Crippen molar-refractivity contribution in [3.63, 3.8) is 0 Å². The highest BCUT2D eigenvalue weighted by Crippen LogP contribution is 2.28. The normalized spacial score (nSPS) is 12.5. The number of amides is 2. The van der Waals surface area contributed by atoms with Gasteiger partial charge in [0.05, 0.1) is 22.2 Å². The van der Waals surface area contributed by atoms with Gasteiger partial charge in [0, 0.05) is 18.4 Å². The Morgan fingerprint density at radius 1 is 1.25 bits per heavy atom. The standard InChI is InChI=1S/C20H19ClF2N4O4S/c1-11(14-10-25-19(28)18-13(14)3-2-4-17(18)23)27(7-8-32(24,30)31)20(29)26-12-5-6-16(22)15(21)9-12/h2-6,9-11H,7-8H2,1H3,(H,25,28)(H,26,29)(H2,24,30,31)/t11-/m1/s1. The van der Waals surface area contributed by atoms with Crippen molar-refractivity contribution in [1.82, 2.24) is 9.88 Å². The Balaban J connectivity index is 2.01. The van der Waals surface area contributed by atoms with Gasteiger partial charge in [-0.1, -0.05) is 23.7 Å². The lowest BCUT2D eigenvalue weighted by Gasteiger charge is -2.30. The van der Waals surface area contributed by atoms with Crippen molar-refractivity contribution in [2.75, 3.05) is 17.6 Å². The van der Waals surface area contributed by atoms with Gasteiger partial charge in [-0.05, 0) is 42.1 Å². The zero-order valence-corrected chi connectivity index (χ0v) is 18.3. The summed E-state index contributed by atoms with van der Waals surface area (Å²) in [6.07, 6.45) is 1.33. The number of aromatic nitrogens is 1. The van der Waals surface area contributed by atoms with E-state index in [4.69, 9.17) is 16.7 Å². The predicted octanol–water partition coefficient (Wildman–Crippen LogP) is 3.34. The molecule has 0 saturated carbocycles. The number of carbonyl (C=O) groups excluding carboxylic acids is 1. The van der Waals surface area contributed by atoms with Gasteiger partial charge in [0.25, 0.3) is 5.56 Å². The lowest BCUT2D eigenvalue weighted by atomic mass is 10.0. The second-order valence-electron chi connectivity index (χ2n) is 7.03. The van der Waals surface area contributed by atoms with Crippen molar-refractivity contribution in [2.24, 2.45) is 5.14 Å². The van der Waals surface area contributed by atoms with Gasteiger partial charge < -0.3 is 15.2 Å². The Morgan fingerprint density at radius 3 is 2.62 bits per heavy atom. The molecule has 1 heterocycles. The van der Waals surface area contributed by atoms with E-state index in [1.54, 1.807) is 6.92 Å². The van der Waals surface area contributed by atoms with E-state index < -0.39 is 45.0 Å². The fourth-order valence-electron chi connectivity index (χ4n) is 3.27. The molecular formula is C20H19ClF2N4O4S. The highest BCUT2D eigenvalue weighted by atomic mass is 35.5. The molecule has 0 spiro atoms. The largest absolute Gasteiger partial charge is 0.328 e. The number of aromatic amines is 1. The molecular weight excluding hydrogens is 466 g/mol. The molecule has 1 aromatic heterocycles. The Morgan fingerprint density at radius 2 is 1.97 bits per heavy atom. The number of sulfonamides is 1. The van der Waals surface area contributed by atoms with Crippen LogP contribution < -0.4 is 16.0 Å². The Kier molecular flexibility index (Phi) is 6.82. The number of H-pyrrole nitrogens is 1. The van der Waals surface area contributed by atoms with Crippen LogP contribution in [0.1, 0.15) is 18.5 Å². The lowest BCUT2D eigenvalue weighted by molar-refractivity contribution is 0.197. The molecule has 2 aromatic carbocycles. The minimum Gasteiger partial charge on any atom is -0.328 e. The van der Waals surface area contributed by atoms with Crippen LogP contribution in [0.25, 0.3) is 10.8 Å². The first-order valence-electron chi connectivity index (χ1n) is 9.31. The van der Waals surface area contributed by atoms with E-state index in [9.17, 15) is 26.8 Å². The van der Waals surface area contributed by atoms with Crippen LogP contribution in [0.4, 0.5) is 19.3 Å². The molecule has 2 amide bonds. The predicted molar refractivity (Wildman–Crippen MR) is 118 cm³/mol. The molecule has 3 aromatic rings. The molecule has 8 nitrogen and oxygen atoms in total. The molecule has 0 radical (unpaired) electrons. The van der Waals surface area contributed by atoms with Crippen LogP contribution in [0.5, 0.6) is 0 Å². The molecule has 0 saturated heterocycles. The van der Waals surface area contributed by atoms with Crippen LogP contribution >= 0.6 is 11.6 Å². The van der Waals surface area contributed by atoms with E-state index in [0.29, 0.717) is 5.56 Å². The summed E-state index contributed by atoms with van der Waals surface area (Å²) in [7, 11) is -3.92. The fourth-order valence-corrected chi connectivity index (χ4v) is 3.90. The second-order valence-corrected chi connectivity index (χ2v) is 9.17. The number of halogens is 3. The van der Waals surface area contributed by atoms with E-state index in [2.05, 4.69) is 10.3 Å². The Labute approximate surface area is 187 Å². The fraction of sp³-hybridized carbons (Fsp3) is 0.200. The number of nitrogens with zero attached hydrogens (tertiary/aromatic N) is 1. The number of rotatable bonds is 6. The minimum atomic E-state index is -3.92. The van der Waals surface area contributed by atoms with Gasteiger partial charge >= 0.3 is 6.03 Å². The molecule has 0 bridgehead atoms. The molecule has 4 N–H and O–H groups in total. The summed E-state index contributed by atoms with van der Waals surface area (Å²) in [6, 6.07) is 6.07. The topological polar surface area (TPSA) is 125 Å². The summed E-state index contributed by atoms with van der Waals surface area (Å²) in [5, 5.41) is 7.49. The van der Waals surface area contributed by atoms with E-state index in [1.165, 1.54) is 30.5 Å². The highest BCUT2D eigenvalue weighted by molar-refractivity contribution is 7.89. The summed E-state index contributed by atoms with van der Waals surface area (Å²) in [5.74, 6) is -1.96. The van der Waals surface area contributed by atoms with Gasteiger partial charge in [-0.3, -0.25) is 4.79 Å². The van der Waals surface area contributed by atoms with Gasteiger partial charge in [-0.15, -0.1) is 0 Å². The highest BCUT2D eigenvalue weighted by Gasteiger charge is 2.25. The van der Waals surface area contributed by atoms with Gasteiger partial charge in [0.2, 0.25) is 10.0 Å². The first-order valence-corrected chi connectivity index (χ1v) is 11.4. The number of benzene rings is 2. The average Bonchev–Trinajstić information content (AvgIpc) is 2.70. The van der Waals surface area contributed by atoms with E-state index in [-0.39, 0.29) is 28.0 Å². The van der Waals surface area contributed by atoms with Crippen LogP contribution in [-0.2, 0) is 10.0 Å². The number of hydrogen-bond acceptors (Lipinski definition) is 4. The third kappa shape index (κ3) is 5.23. The molecule has 1 atom stereocenters. The van der Waals surface area contributed by atoms with E-state index in [0.717, 1.165) is 17.0 Å². The molecule has 3 rings (SSSR count). The van der Waals surface area contributed by atoms with Crippen molar-refractivity contribution in [2.45, 2.75) is 13.0 Å². The van der Waals surface area contributed by atoms with Crippen LogP contribution in [-0.4, -0.2) is 36.6 Å². The Bertz CT molecular complexity index is 1350. The third-order valence-electron chi connectivity index (χ3n) is 4.88. The van der Waals surface area contributed by atoms with Crippen LogP contribution in [0.3, 0.4) is 0 Å². The summed E-state index contributed by atoms with van der Waals surface area (Å²) < 4.78 is 50.7. The van der Waals surface area contributed by atoms with E-state index in [1.807, 2.05) is 0 Å². The Hall–Kier alpha value is -3.02. The first-order chi connectivity index (χ1) is 15.0. The number of carbonyl (C=O) groups is 1. The van der Waals surface area contributed by atoms with Crippen LogP contribution in [0.2, 0.25) is 5.02 Å². The number of hydrogen-bond donors (Lipinski definition) is 3. The maximum atomic E-state index is 14.3. The van der Waals surface area contributed by atoms with E-state index >= 15 is 0 Å². The summed E-state index contributed by atoms with van der Waals surface area (Å²) in [4.78, 5) is 28.7. The van der Waals surface area contributed by atoms with Crippen molar-refractivity contribution < 1.29 is 22.0 Å². The first kappa shape index (κ1) is 23.6. The number of pyridine rings is 1. The smallest absolute Gasteiger partial charge is 0.322 e. The summed E-state index contributed by atoms with van der Waals surface area (Å²) in [6.45, 7) is 1.27. The van der Waals surface area contributed by atoms with Gasteiger partial charge in [-0.25, -0.2) is 27.1 Å². The number of fused-ring (bicyclic) bond motifs is 1. The van der Waals surface area contributed by atoms with Gasteiger partial charge in [-0.2, -0.15) is 0 Å². The number of urea groups is 1. The zero-order chi connectivity index (χ0) is 23.6. The zero-order valence-electron chi connectivity index (χ0n) is 16.7. The van der Waals surface area contributed by atoms with Crippen molar-refractivity contribution in [3.05, 3.63) is 75.2 Å². The lowest BCUT2D eigenvalue weighted by Crippen LogP contribution is -2.41. The molecule has 170 valence electrons. The number of nitrogens with one attached hydrogen (secondary N) is 2. The van der Waals surface area contributed by atoms with Gasteiger partial charge in [0.1, 0.15) is 11.6 Å². The van der Waals surface area contributed by atoms with Crippen molar-refractivity contribution in [3.8, 4) is 0 Å². The second kappa shape index (κ2) is 9.23. The summed E-state index contributed by atoms with van der Waals surface area (Å²) >= 11 is 5.75. The number of primary sulfonamides is 1.